The van der Waals surface area contributed by atoms with Crippen LogP contribution in [0.15, 0.2) is 28.7 Å². The Morgan fingerprint density at radius 1 is 1.43 bits per heavy atom. The minimum Gasteiger partial charge on any atom is -0.475 e. The summed E-state index contributed by atoms with van der Waals surface area (Å²) in [6.07, 6.45) is 5.13. The van der Waals surface area contributed by atoms with Gasteiger partial charge in [0.2, 0.25) is 5.76 Å². The van der Waals surface area contributed by atoms with Crippen LogP contribution in [0.3, 0.4) is 0 Å². The molecule has 1 aliphatic rings. The fourth-order valence-electron chi connectivity index (χ4n) is 1.45. The third-order valence-electron chi connectivity index (χ3n) is 2.17. The zero-order chi connectivity index (χ0) is 9.97. The van der Waals surface area contributed by atoms with Gasteiger partial charge in [0, 0.05) is 19.2 Å². The van der Waals surface area contributed by atoms with Gasteiger partial charge < -0.3 is 14.4 Å². The molecule has 1 aromatic rings. The normalized spacial score (nSPS) is 15.9. The summed E-state index contributed by atoms with van der Waals surface area (Å²) in [5, 5.41) is 8.67. The maximum absolute atomic E-state index is 10.6. The Morgan fingerprint density at radius 2 is 2.29 bits per heavy atom. The number of hydrogen-bond donors (Lipinski definition) is 1. The summed E-state index contributed by atoms with van der Waals surface area (Å²) in [6, 6.07) is 3.18. The van der Waals surface area contributed by atoms with Gasteiger partial charge in [-0.2, -0.15) is 0 Å². The van der Waals surface area contributed by atoms with Crippen molar-refractivity contribution >= 4 is 11.9 Å². The predicted octanol–water partition coefficient (Wildman–Crippen LogP) is 1.74. The molecule has 0 saturated carbocycles. The summed E-state index contributed by atoms with van der Waals surface area (Å²) in [5.74, 6) is -0.398. The monoisotopic (exact) mass is 193 g/mol. The average Bonchev–Trinajstić information content (AvgIpc) is 2.68. The zero-order valence-electron chi connectivity index (χ0n) is 7.64. The van der Waals surface area contributed by atoms with Crippen LogP contribution in [0.25, 0.3) is 0 Å². The van der Waals surface area contributed by atoms with Gasteiger partial charge in [0.25, 0.3) is 0 Å². The van der Waals surface area contributed by atoms with E-state index >= 15 is 0 Å². The van der Waals surface area contributed by atoms with Crippen molar-refractivity contribution in [1.29, 1.82) is 0 Å². The fraction of sp³-hybridized carbons (Fsp3) is 0.300. The molecule has 0 bridgehead atoms. The molecule has 0 aromatic carbocycles. The maximum Gasteiger partial charge on any atom is 0.371 e. The van der Waals surface area contributed by atoms with E-state index in [1.807, 2.05) is 11.0 Å². The highest BCUT2D eigenvalue weighted by molar-refractivity contribution is 5.84. The number of rotatable bonds is 2. The minimum atomic E-state index is -1.02. The molecule has 0 unspecified atom stereocenters. The van der Waals surface area contributed by atoms with E-state index in [2.05, 4.69) is 6.08 Å². The highest BCUT2D eigenvalue weighted by Crippen LogP contribution is 2.20. The average molecular weight is 193 g/mol. The van der Waals surface area contributed by atoms with Crippen molar-refractivity contribution in [3.05, 3.63) is 30.0 Å². The van der Waals surface area contributed by atoms with Crippen LogP contribution in [0.4, 0.5) is 5.88 Å². The Hall–Kier alpha value is -1.71. The van der Waals surface area contributed by atoms with Crippen LogP contribution >= 0.6 is 0 Å². The van der Waals surface area contributed by atoms with E-state index in [0.29, 0.717) is 5.88 Å². The number of furan rings is 1. The molecule has 1 N–H and O–H groups in total. The van der Waals surface area contributed by atoms with Gasteiger partial charge in [-0.15, -0.1) is 0 Å². The highest BCUT2D eigenvalue weighted by atomic mass is 16.4. The van der Waals surface area contributed by atoms with E-state index < -0.39 is 5.97 Å². The Labute approximate surface area is 81.4 Å². The van der Waals surface area contributed by atoms with Crippen LogP contribution in [-0.2, 0) is 0 Å². The van der Waals surface area contributed by atoms with Crippen molar-refractivity contribution in [2.45, 2.75) is 6.42 Å². The van der Waals surface area contributed by atoms with Crippen molar-refractivity contribution in [3.63, 3.8) is 0 Å². The van der Waals surface area contributed by atoms with Crippen molar-refractivity contribution in [2.75, 3.05) is 18.0 Å². The summed E-state index contributed by atoms with van der Waals surface area (Å²) in [4.78, 5) is 12.6. The fourth-order valence-corrected chi connectivity index (χ4v) is 1.45. The number of carbonyl (C=O) groups is 1. The molecule has 74 valence electrons. The number of nitrogens with zero attached hydrogens (tertiary/aromatic N) is 1. The molecule has 4 nitrogen and oxygen atoms in total. The first-order valence-electron chi connectivity index (χ1n) is 4.50. The SMILES string of the molecule is O=C(O)c1ccc(N2CC=CCC2)o1. The van der Waals surface area contributed by atoms with Crippen molar-refractivity contribution in [2.24, 2.45) is 0 Å². The summed E-state index contributed by atoms with van der Waals surface area (Å²) in [6.45, 7) is 1.66. The lowest BCUT2D eigenvalue weighted by Crippen LogP contribution is -2.26. The van der Waals surface area contributed by atoms with Gasteiger partial charge in [-0.05, 0) is 12.5 Å². The van der Waals surface area contributed by atoms with Crippen LogP contribution in [0.2, 0.25) is 0 Å². The summed E-state index contributed by atoms with van der Waals surface area (Å²) in [7, 11) is 0. The predicted molar refractivity (Wildman–Crippen MR) is 51.6 cm³/mol. The standard InChI is InChI=1S/C10H11NO3/c12-10(13)8-4-5-9(14-8)11-6-2-1-3-7-11/h1-2,4-5H,3,6-7H2,(H,12,13). The first-order chi connectivity index (χ1) is 6.77. The van der Waals surface area contributed by atoms with Crippen LogP contribution in [0.1, 0.15) is 17.0 Å². The molecule has 0 atom stereocenters. The highest BCUT2D eigenvalue weighted by Gasteiger charge is 2.14. The van der Waals surface area contributed by atoms with Gasteiger partial charge in [-0.3, -0.25) is 0 Å². The largest absolute Gasteiger partial charge is 0.475 e. The van der Waals surface area contributed by atoms with Gasteiger partial charge in [0.1, 0.15) is 0 Å². The minimum absolute atomic E-state index is 0.00504. The van der Waals surface area contributed by atoms with Gasteiger partial charge >= 0.3 is 5.97 Å². The molecular weight excluding hydrogens is 182 g/mol. The molecule has 2 heterocycles. The lowest BCUT2D eigenvalue weighted by molar-refractivity contribution is 0.0663. The number of anilines is 1. The Bertz CT molecular complexity index is 367. The van der Waals surface area contributed by atoms with E-state index in [1.165, 1.54) is 6.07 Å². The van der Waals surface area contributed by atoms with E-state index in [9.17, 15) is 4.79 Å². The summed E-state index contributed by atoms with van der Waals surface area (Å²) >= 11 is 0. The molecular formula is C10H11NO3. The first-order valence-corrected chi connectivity index (χ1v) is 4.50. The maximum atomic E-state index is 10.6. The third kappa shape index (κ3) is 1.64. The van der Waals surface area contributed by atoms with Gasteiger partial charge in [0.05, 0.1) is 0 Å². The molecule has 2 rings (SSSR count). The summed E-state index contributed by atoms with van der Waals surface area (Å²) < 4.78 is 5.18. The smallest absolute Gasteiger partial charge is 0.371 e. The van der Waals surface area contributed by atoms with Gasteiger partial charge in [-0.25, -0.2) is 4.79 Å². The number of carboxylic acids is 1. The van der Waals surface area contributed by atoms with E-state index in [-0.39, 0.29) is 5.76 Å². The van der Waals surface area contributed by atoms with Crippen molar-refractivity contribution < 1.29 is 14.3 Å². The Kier molecular flexibility index (Phi) is 2.26. The number of carboxylic acid groups (broad SMARTS) is 1. The molecule has 0 spiro atoms. The molecule has 4 heteroatoms. The number of hydrogen-bond acceptors (Lipinski definition) is 3. The second-order valence-corrected chi connectivity index (χ2v) is 3.15. The van der Waals surface area contributed by atoms with E-state index in [0.717, 1.165) is 19.5 Å². The zero-order valence-corrected chi connectivity index (χ0v) is 7.64. The molecule has 0 amide bonds. The van der Waals surface area contributed by atoms with Crippen molar-refractivity contribution in [1.82, 2.24) is 0 Å². The topological polar surface area (TPSA) is 53.7 Å². The van der Waals surface area contributed by atoms with Crippen molar-refractivity contribution in [3.8, 4) is 0 Å². The van der Waals surface area contributed by atoms with E-state index in [1.54, 1.807) is 6.07 Å². The molecule has 0 saturated heterocycles. The Morgan fingerprint density at radius 3 is 2.86 bits per heavy atom. The molecule has 0 radical (unpaired) electrons. The second kappa shape index (κ2) is 3.57. The molecule has 0 aliphatic carbocycles. The second-order valence-electron chi connectivity index (χ2n) is 3.15. The van der Waals surface area contributed by atoms with Crippen LogP contribution in [-0.4, -0.2) is 24.2 Å². The quantitative estimate of drug-likeness (QED) is 0.727. The van der Waals surface area contributed by atoms with Gasteiger partial charge in [0.15, 0.2) is 5.88 Å². The van der Waals surface area contributed by atoms with Crippen LogP contribution in [0, 0.1) is 0 Å². The molecule has 1 aromatic heterocycles. The van der Waals surface area contributed by atoms with Crippen LogP contribution in [0.5, 0.6) is 0 Å². The van der Waals surface area contributed by atoms with E-state index in [4.69, 9.17) is 9.52 Å². The molecule has 14 heavy (non-hydrogen) atoms. The van der Waals surface area contributed by atoms with Crippen LogP contribution < -0.4 is 4.90 Å². The molecule has 1 aliphatic heterocycles. The Balaban J connectivity index is 2.16. The third-order valence-corrected chi connectivity index (χ3v) is 2.17. The number of aromatic carboxylic acids is 1. The lowest BCUT2D eigenvalue weighted by atomic mass is 10.2. The lowest BCUT2D eigenvalue weighted by Gasteiger charge is -2.22. The molecule has 0 fully saturated rings. The summed E-state index contributed by atoms with van der Waals surface area (Å²) in [5.41, 5.74) is 0. The van der Waals surface area contributed by atoms with Gasteiger partial charge in [-0.1, -0.05) is 12.2 Å². The first kappa shape index (κ1) is 8.87.